The molecule has 4 nitrogen and oxygen atoms in total. The van der Waals surface area contributed by atoms with Gasteiger partial charge in [0.2, 0.25) is 0 Å². The van der Waals surface area contributed by atoms with E-state index in [1.54, 1.807) is 23.5 Å². The van der Waals surface area contributed by atoms with Gasteiger partial charge in [0.1, 0.15) is 23.2 Å². The van der Waals surface area contributed by atoms with Crippen molar-refractivity contribution < 1.29 is 9.13 Å². The molecule has 1 aromatic heterocycles. The lowest BCUT2D eigenvalue weighted by Crippen LogP contribution is -2.15. The molecule has 6 heteroatoms. The van der Waals surface area contributed by atoms with Gasteiger partial charge in [-0.05, 0) is 49.2 Å². The van der Waals surface area contributed by atoms with Crippen LogP contribution in [0, 0.1) is 5.82 Å². The number of para-hydroxylation sites is 1. The van der Waals surface area contributed by atoms with Crippen LogP contribution in [0.5, 0.6) is 11.5 Å². The fraction of sp³-hybridized carbons (Fsp3) is 0.200. The standard InChI is InChI=1S/C20H18FN3OS/c21-14-8-10-15(11-9-14)25-18-6-2-1-5-16(18)17-13-26-20(23-17)24-19-7-3-4-12-22-19/h1-2,5-6,8-11,13H,3-4,7,12H2,(H,22,23,24). The number of halogens is 1. The molecule has 1 aliphatic rings. The van der Waals surface area contributed by atoms with E-state index >= 15 is 0 Å². The number of benzene rings is 2. The second kappa shape index (κ2) is 7.66. The average molecular weight is 367 g/mol. The van der Waals surface area contributed by atoms with Crippen molar-refractivity contribution in [2.24, 2.45) is 4.99 Å². The van der Waals surface area contributed by atoms with Crippen LogP contribution in [0.4, 0.5) is 9.52 Å². The summed E-state index contributed by atoms with van der Waals surface area (Å²) in [6, 6.07) is 13.7. The van der Waals surface area contributed by atoms with Crippen LogP contribution in [-0.4, -0.2) is 17.4 Å². The third kappa shape index (κ3) is 3.91. The summed E-state index contributed by atoms with van der Waals surface area (Å²) in [5.41, 5.74) is 1.73. The van der Waals surface area contributed by atoms with Gasteiger partial charge in [-0.2, -0.15) is 0 Å². The highest BCUT2D eigenvalue weighted by molar-refractivity contribution is 7.14. The molecular weight excluding hydrogens is 349 g/mol. The normalized spacial score (nSPS) is 14.0. The molecule has 0 radical (unpaired) electrons. The van der Waals surface area contributed by atoms with Crippen LogP contribution in [0.1, 0.15) is 19.3 Å². The molecular formula is C20H18FN3OS. The molecule has 1 aliphatic heterocycles. The first-order chi connectivity index (χ1) is 12.8. The minimum absolute atomic E-state index is 0.286. The number of hydrogen-bond donors (Lipinski definition) is 1. The van der Waals surface area contributed by atoms with Crippen molar-refractivity contribution in [1.82, 2.24) is 4.98 Å². The Labute approximate surface area is 155 Å². The summed E-state index contributed by atoms with van der Waals surface area (Å²) in [5.74, 6) is 1.99. The minimum atomic E-state index is -0.286. The van der Waals surface area contributed by atoms with E-state index in [9.17, 15) is 4.39 Å². The van der Waals surface area contributed by atoms with Crippen LogP contribution in [0.2, 0.25) is 0 Å². The summed E-state index contributed by atoms with van der Waals surface area (Å²) < 4.78 is 19.0. The summed E-state index contributed by atoms with van der Waals surface area (Å²) in [6.07, 6.45) is 3.29. The summed E-state index contributed by atoms with van der Waals surface area (Å²) in [7, 11) is 0. The fourth-order valence-corrected chi connectivity index (χ4v) is 3.51. The van der Waals surface area contributed by atoms with E-state index in [-0.39, 0.29) is 5.82 Å². The van der Waals surface area contributed by atoms with Crippen LogP contribution < -0.4 is 10.1 Å². The lowest BCUT2D eigenvalue weighted by Gasteiger charge is -2.12. The predicted octanol–water partition coefficient (Wildman–Crippen LogP) is 5.74. The van der Waals surface area contributed by atoms with Crippen LogP contribution in [0.3, 0.4) is 0 Å². The molecule has 0 saturated carbocycles. The van der Waals surface area contributed by atoms with E-state index in [4.69, 9.17) is 4.74 Å². The van der Waals surface area contributed by atoms with E-state index < -0.39 is 0 Å². The first-order valence-corrected chi connectivity index (χ1v) is 9.44. The summed E-state index contributed by atoms with van der Waals surface area (Å²) in [4.78, 5) is 9.18. The number of thiazole rings is 1. The molecule has 0 bridgehead atoms. The van der Waals surface area contributed by atoms with Crippen molar-refractivity contribution >= 4 is 22.3 Å². The maximum atomic E-state index is 13.1. The SMILES string of the molecule is Fc1ccc(Oc2ccccc2-c2csc(NC3=NCCCC3)n2)cc1. The second-order valence-electron chi connectivity index (χ2n) is 6.00. The molecule has 0 amide bonds. The Bertz CT molecular complexity index is 921. The zero-order valence-electron chi connectivity index (χ0n) is 14.1. The number of ether oxygens (including phenoxy) is 1. The van der Waals surface area contributed by atoms with Gasteiger partial charge in [-0.3, -0.25) is 4.99 Å². The third-order valence-corrected chi connectivity index (χ3v) is 4.84. The maximum absolute atomic E-state index is 13.1. The van der Waals surface area contributed by atoms with E-state index in [1.807, 2.05) is 29.6 Å². The van der Waals surface area contributed by atoms with E-state index in [0.717, 1.165) is 41.6 Å². The van der Waals surface area contributed by atoms with Crippen molar-refractivity contribution in [2.75, 3.05) is 11.9 Å². The number of aromatic nitrogens is 1. The monoisotopic (exact) mass is 367 g/mol. The van der Waals surface area contributed by atoms with Gasteiger partial charge in [-0.25, -0.2) is 9.37 Å². The molecule has 4 rings (SSSR count). The van der Waals surface area contributed by atoms with Crippen molar-refractivity contribution in [3.63, 3.8) is 0 Å². The number of amidine groups is 1. The topological polar surface area (TPSA) is 46.5 Å². The summed E-state index contributed by atoms with van der Waals surface area (Å²) in [6.45, 7) is 0.884. The molecule has 3 aromatic rings. The van der Waals surface area contributed by atoms with Gasteiger partial charge in [-0.15, -0.1) is 11.3 Å². The quantitative estimate of drug-likeness (QED) is 0.640. The minimum Gasteiger partial charge on any atom is -0.457 e. The van der Waals surface area contributed by atoms with Gasteiger partial charge >= 0.3 is 0 Å². The highest BCUT2D eigenvalue weighted by Crippen LogP contribution is 2.35. The van der Waals surface area contributed by atoms with Crippen molar-refractivity contribution in [3.05, 3.63) is 59.7 Å². The Morgan fingerprint density at radius 2 is 1.88 bits per heavy atom. The molecule has 26 heavy (non-hydrogen) atoms. The Hall–Kier alpha value is -2.73. The van der Waals surface area contributed by atoms with Crippen LogP contribution in [0.25, 0.3) is 11.3 Å². The molecule has 0 unspecified atom stereocenters. The smallest absolute Gasteiger partial charge is 0.188 e. The van der Waals surface area contributed by atoms with Crippen molar-refractivity contribution in [2.45, 2.75) is 19.3 Å². The Morgan fingerprint density at radius 3 is 2.69 bits per heavy atom. The van der Waals surface area contributed by atoms with Crippen molar-refractivity contribution in [3.8, 4) is 22.8 Å². The van der Waals surface area contributed by atoms with Gasteiger partial charge in [0, 0.05) is 23.9 Å². The fourth-order valence-electron chi connectivity index (χ4n) is 2.77. The zero-order valence-corrected chi connectivity index (χ0v) is 14.9. The summed E-state index contributed by atoms with van der Waals surface area (Å²) in [5, 5.41) is 6.15. The molecule has 0 fully saturated rings. The number of anilines is 1. The first-order valence-electron chi connectivity index (χ1n) is 8.57. The Kier molecular flexibility index (Phi) is 4.93. The van der Waals surface area contributed by atoms with E-state index in [1.165, 1.54) is 18.6 Å². The number of nitrogens with one attached hydrogen (secondary N) is 1. The van der Waals surface area contributed by atoms with Crippen LogP contribution in [0.15, 0.2) is 58.9 Å². The molecule has 2 heterocycles. The number of rotatable bonds is 4. The highest BCUT2D eigenvalue weighted by Gasteiger charge is 2.13. The molecule has 0 saturated heterocycles. The first kappa shape index (κ1) is 16.7. The lowest BCUT2D eigenvalue weighted by molar-refractivity contribution is 0.482. The van der Waals surface area contributed by atoms with E-state index in [2.05, 4.69) is 15.3 Å². The van der Waals surface area contributed by atoms with Crippen LogP contribution >= 0.6 is 11.3 Å². The molecule has 0 aliphatic carbocycles. The van der Waals surface area contributed by atoms with Gasteiger partial charge in [-0.1, -0.05) is 12.1 Å². The van der Waals surface area contributed by atoms with Crippen molar-refractivity contribution in [1.29, 1.82) is 0 Å². The molecule has 0 atom stereocenters. The van der Waals surface area contributed by atoms with E-state index in [0.29, 0.717) is 11.5 Å². The molecule has 2 aromatic carbocycles. The number of aliphatic imine (C=N–C) groups is 1. The summed E-state index contributed by atoms with van der Waals surface area (Å²) >= 11 is 1.55. The van der Waals surface area contributed by atoms with Gasteiger partial charge in [0.25, 0.3) is 0 Å². The van der Waals surface area contributed by atoms with Gasteiger partial charge in [0.15, 0.2) is 5.13 Å². The number of hydrogen-bond acceptors (Lipinski definition) is 5. The number of nitrogens with zero attached hydrogens (tertiary/aromatic N) is 2. The van der Waals surface area contributed by atoms with Crippen LogP contribution in [-0.2, 0) is 0 Å². The Balaban J connectivity index is 1.56. The van der Waals surface area contributed by atoms with Gasteiger partial charge in [0.05, 0.1) is 5.69 Å². The second-order valence-corrected chi connectivity index (χ2v) is 6.86. The molecule has 1 N–H and O–H groups in total. The zero-order chi connectivity index (χ0) is 17.8. The Morgan fingerprint density at radius 1 is 1.04 bits per heavy atom. The molecule has 0 spiro atoms. The predicted molar refractivity (Wildman–Crippen MR) is 104 cm³/mol. The van der Waals surface area contributed by atoms with Gasteiger partial charge < -0.3 is 10.1 Å². The largest absolute Gasteiger partial charge is 0.457 e. The highest BCUT2D eigenvalue weighted by atomic mass is 32.1. The lowest BCUT2D eigenvalue weighted by atomic mass is 10.1. The average Bonchev–Trinajstić information content (AvgIpc) is 3.13. The maximum Gasteiger partial charge on any atom is 0.188 e. The third-order valence-electron chi connectivity index (χ3n) is 4.08. The molecule has 132 valence electrons.